The number of likely N-dealkylation sites (tertiary alicyclic amines) is 1. The normalized spacial score (nSPS) is 20.5. The van der Waals surface area contributed by atoms with E-state index in [0.29, 0.717) is 72.8 Å². The minimum Gasteiger partial charge on any atom is -0.465 e. The molecule has 3 aromatic carbocycles. The van der Waals surface area contributed by atoms with E-state index in [1.54, 1.807) is 29.3 Å². The molecule has 0 unspecified atom stereocenters. The summed E-state index contributed by atoms with van der Waals surface area (Å²) in [5.74, 6) is -2.21. The number of hydrogen-bond donors (Lipinski definition) is 5. The largest absolute Gasteiger partial charge is 0.465 e. The van der Waals surface area contributed by atoms with E-state index in [9.17, 15) is 14.7 Å². The van der Waals surface area contributed by atoms with Gasteiger partial charge in [-0.05, 0) is 97.5 Å². The second-order valence-corrected chi connectivity index (χ2v) is 14.3. The highest BCUT2D eigenvalue weighted by Crippen LogP contribution is 2.52. The first kappa shape index (κ1) is 40.4. The van der Waals surface area contributed by atoms with Crippen LogP contribution >= 0.6 is 37.2 Å². The third-order valence-electron chi connectivity index (χ3n) is 11.3. The molecule has 292 valence electrons. The van der Waals surface area contributed by atoms with Crippen LogP contribution in [0.2, 0.25) is 0 Å². The molecule has 0 saturated carbocycles. The van der Waals surface area contributed by atoms with Crippen molar-refractivity contribution in [2.75, 3.05) is 26.3 Å². The van der Waals surface area contributed by atoms with Crippen LogP contribution in [-0.4, -0.2) is 74.3 Å². The van der Waals surface area contributed by atoms with Gasteiger partial charge in [0.25, 0.3) is 5.92 Å². The van der Waals surface area contributed by atoms with Crippen molar-refractivity contribution in [2.24, 2.45) is 5.92 Å². The molecule has 0 spiro atoms. The van der Waals surface area contributed by atoms with Crippen molar-refractivity contribution in [3.63, 3.8) is 0 Å². The number of carbonyl (C=O) groups excluding carboxylic acids is 1. The number of nitrogens with one attached hydrogen (secondary N) is 4. The molecular weight excluding hydrogens is 775 g/mol. The Kier molecular flexibility index (Phi) is 11.8. The summed E-state index contributed by atoms with van der Waals surface area (Å²) in [7, 11) is 0. The van der Waals surface area contributed by atoms with Crippen LogP contribution in [-0.2, 0) is 15.5 Å². The predicted molar refractivity (Wildman–Crippen MR) is 211 cm³/mol. The fraction of sp³-hybridized carbons (Fsp3) is 0.385. The zero-order chi connectivity index (χ0) is 35.6. The molecule has 3 aliphatic heterocycles. The summed E-state index contributed by atoms with van der Waals surface area (Å²) in [6, 6.07) is 15.1. The third kappa shape index (κ3) is 7.28. The van der Waals surface area contributed by atoms with Crippen LogP contribution in [0.15, 0.2) is 60.8 Å². The fourth-order valence-corrected chi connectivity index (χ4v) is 8.57. The lowest BCUT2D eigenvalue weighted by Gasteiger charge is -2.33. The number of fused-ring (bicyclic) bond motifs is 4. The highest BCUT2D eigenvalue weighted by atomic mass is 35.5. The summed E-state index contributed by atoms with van der Waals surface area (Å²) in [6.07, 6.45) is 5.08. The van der Waals surface area contributed by atoms with Crippen molar-refractivity contribution in [3.8, 4) is 33.5 Å². The molecule has 5 aromatic rings. The SMILES string of the molecule is Cl.Cl.Cl.O=C(O)N[C@H](C(=O)N1CCC[C@H]1c1ncc(-c2ccc3c(c2)C(F)(F)c2cc(-c4ccc5nc([C@@H]6CCCN6)[nH]c5c4)ccc2-3)[nH]1)C1CCOCC1. The van der Waals surface area contributed by atoms with Gasteiger partial charge in [0.15, 0.2) is 0 Å². The average Bonchev–Trinajstić information content (AvgIpc) is 4.00. The van der Waals surface area contributed by atoms with Crippen LogP contribution < -0.4 is 10.6 Å². The summed E-state index contributed by atoms with van der Waals surface area (Å²) in [4.78, 5) is 43.2. The zero-order valence-corrected chi connectivity index (χ0v) is 32.1. The number of carboxylic acid groups (broad SMARTS) is 1. The highest BCUT2D eigenvalue weighted by molar-refractivity contribution is 5.88. The number of carbonyl (C=O) groups is 2. The third-order valence-corrected chi connectivity index (χ3v) is 11.3. The van der Waals surface area contributed by atoms with Gasteiger partial charge >= 0.3 is 6.09 Å². The summed E-state index contributed by atoms with van der Waals surface area (Å²) in [5.41, 5.74) is 5.29. The van der Waals surface area contributed by atoms with Gasteiger partial charge in [0, 0.05) is 36.4 Å². The molecule has 55 heavy (non-hydrogen) atoms. The molecule has 3 saturated heterocycles. The first-order valence-corrected chi connectivity index (χ1v) is 18.1. The minimum atomic E-state index is -3.22. The van der Waals surface area contributed by atoms with Crippen molar-refractivity contribution in [1.82, 2.24) is 35.5 Å². The van der Waals surface area contributed by atoms with E-state index >= 15 is 8.78 Å². The van der Waals surface area contributed by atoms with E-state index in [1.807, 2.05) is 30.3 Å². The predicted octanol–water partition coefficient (Wildman–Crippen LogP) is 8.16. The van der Waals surface area contributed by atoms with Gasteiger partial charge in [0.1, 0.15) is 17.7 Å². The number of aromatic nitrogens is 4. The van der Waals surface area contributed by atoms with Crippen molar-refractivity contribution in [2.45, 2.75) is 62.6 Å². The van der Waals surface area contributed by atoms with Crippen LogP contribution in [0.4, 0.5) is 13.6 Å². The summed E-state index contributed by atoms with van der Waals surface area (Å²) in [6.45, 7) is 2.40. The number of aromatic amines is 2. The van der Waals surface area contributed by atoms with Gasteiger partial charge in [0.05, 0.1) is 35.0 Å². The van der Waals surface area contributed by atoms with Crippen LogP contribution in [0.25, 0.3) is 44.5 Å². The van der Waals surface area contributed by atoms with Crippen LogP contribution in [0, 0.1) is 5.92 Å². The number of amides is 2. The number of nitrogens with zero attached hydrogens (tertiary/aromatic N) is 3. The topological polar surface area (TPSA) is 148 Å². The Hall–Kier alpha value is -4.27. The maximum atomic E-state index is 16.3. The van der Waals surface area contributed by atoms with Crippen molar-refractivity contribution < 1.29 is 28.2 Å². The number of halogens is 5. The van der Waals surface area contributed by atoms with Crippen LogP contribution in [0.3, 0.4) is 0 Å². The minimum absolute atomic E-state index is 0. The molecule has 3 atom stereocenters. The molecule has 11 nitrogen and oxygen atoms in total. The van der Waals surface area contributed by atoms with Crippen molar-refractivity contribution in [3.05, 3.63) is 83.6 Å². The molecule has 5 heterocycles. The summed E-state index contributed by atoms with van der Waals surface area (Å²) < 4.78 is 38.1. The van der Waals surface area contributed by atoms with E-state index in [4.69, 9.17) is 9.72 Å². The van der Waals surface area contributed by atoms with E-state index < -0.39 is 18.1 Å². The van der Waals surface area contributed by atoms with Gasteiger partial charge in [0.2, 0.25) is 5.91 Å². The molecule has 2 aromatic heterocycles. The number of alkyl halides is 2. The summed E-state index contributed by atoms with van der Waals surface area (Å²) >= 11 is 0. The lowest BCUT2D eigenvalue weighted by atomic mass is 9.90. The molecule has 4 aliphatic rings. The van der Waals surface area contributed by atoms with Crippen LogP contribution in [0.5, 0.6) is 0 Å². The Bertz CT molecular complexity index is 2200. The Balaban J connectivity index is 0.00000171. The molecule has 1 aliphatic carbocycles. The molecule has 2 amide bonds. The van der Waals surface area contributed by atoms with Gasteiger partial charge in [-0.1, -0.05) is 30.3 Å². The molecule has 0 bridgehead atoms. The Morgan fingerprint density at radius 3 is 2.27 bits per heavy atom. The number of imidazole rings is 2. The van der Waals surface area contributed by atoms with E-state index in [2.05, 4.69) is 25.6 Å². The first-order valence-electron chi connectivity index (χ1n) is 18.1. The molecular formula is C39H42Cl3F2N7O4. The average molecular weight is 817 g/mol. The second kappa shape index (κ2) is 16.1. The maximum Gasteiger partial charge on any atom is 0.405 e. The highest BCUT2D eigenvalue weighted by Gasteiger charge is 2.45. The lowest BCUT2D eigenvalue weighted by molar-refractivity contribution is -0.136. The van der Waals surface area contributed by atoms with E-state index in [-0.39, 0.29) is 72.3 Å². The maximum absolute atomic E-state index is 16.3. The van der Waals surface area contributed by atoms with Crippen molar-refractivity contribution >= 4 is 60.3 Å². The molecule has 0 radical (unpaired) electrons. The Morgan fingerprint density at radius 2 is 1.56 bits per heavy atom. The van der Waals surface area contributed by atoms with Gasteiger partial charge in [-0.25, -0.2) is 14.8 Å². The number of benzene rings is 3. The Morgan fingerprint density at radius 1 is 0.873 bits per heavy atom. The van der Waals surface area contributed by atoms with Crippen molar-refractivity contribution in [1.29, 1.82) is 0 Å². The van der Waals surface area contributed by atoms with E-state index in [0.717, 1.165) is 48.2 Å². The fourth-order valence-electron chi connectivity index (χ4n) is 8.57. The summed E-state index contributed by atoms with van der Waals surface area (Å²) in [5, 5.41) is 15.4. The van der Waals surface area contributed by atoms with Gasteiger partial charge in [-0.3, -0.25) is 4.79 Å². The smallest absolute Gasteiger partial charge is 0.405 e. The molecule has 5 N–H and O–H groups in total. The molecule has 3 fully saturated rings. The monoisotopic (exact) mass is 815 g/mol. The zero-order valence-electron chi connectivity index (χ0n) is 29.6. The number of hydrogen-bond acceptors (Lipinski definition) is 6. The first-order chi connectivity index (χ1) is 25.2. The quantitative estimate of drug-likeness (QED) is 0.111. The number of ether oxygens (including phenoxy) is 1. The Labute approximate surface area is 334 Å². The van der Waals surface area contributed by atoms with Gasteiger partial charge in [-0.2, -0.15) is 8.78 Å². The van der Waals surface area contributed by atoms with E-state index in [1.165, 1.54) is 6.07 Å². The lowest BCUT2D eigenvalue weighted by Crippen LogP contribution is -2.52. The second-order valence-electron chi connectivity index (χ2n) is 14.3. The van der Waals surface area contributed by atoms with Crippen LogP contribution in [0.1, 0.15) is 73.4 Å². The number of rotatable bonds is 7. The van der Waals surface area contributed by atoms with Gasteiger partial charge < -0.3 is 35.3 Å². The molecule has 9 rings (SSSR count). The van der Waals surface area contributed by atoms with Gasteiger partial charge in [-0.15, -0.1) is 37.2 Å². The number of H-pyrrole nitrogens is 2. The standard InChI is InChI=1S/C39H39F2N7O4.3ClH/c40-39(41)27-17-22(23-7-10-29-31(19-23)45-35(44-29)30-3-1-13-42-30)5-8-25(27)26-9-6-24(18-28(26)39)32-20-43-36(46-32)33-4-2-14-48(33)37(49)34(47-38(50)51)21-11-15-52-16-12-21;;;/h5-10,17-21,30,33-34,42,47H,1-4,11-16H2,(H,43,46)(H,44,45)(H,50,51);3*1H/t30-,33-,34-;;;/m0.../s1. The molecule has 16 heteroatoms.